The highest BCUT2D eigenvalue weighted by Crippen LogP contribution is 2.65. The van der Waals surface area contributed by atoms with Crippen molar-refractivity contribution in [3.63, 3.8) is 0 Å². The summed E-state index contributed by atoms with van der Waals surface area (Å²) in [5.41, 5.74) is 3.24. The van der Waals surface area contributed by atoms with E-state index in [4.69, 9.17) is 14.3 Å². The van der Waals surface area contributed by atoms with Gasteiger partial charge in [-0.25, -0.2) is 0 Å². The first kappa shape index (κ1) is 24.2. The number of hydrogen-bond acceptors (Lipinski definition) is 7. The van der Waals surface area contributed by atoms with Crippen molar-refractivity contribution in [2.45, 2.75) is 56.8 Å². The Labute approximate surface area is 219 Å². The van der Waals surface area contributed by atoms with Gasteiger partial charge >= 0.3 is 5.97 Å². The van der Waals surface area contributed by atoms with Gasteiger partial charge < -0.3 is 19.6 Å². The fraction of sp³-hybridized carbons (Fsp3) is 0.414. The van der Waals surface area contributed by atoms with E-state index in [1.165, 1.54) is 0 Å². The highest BCUT2D eigenvalue weighted by molar-refractivity contribution is 5.97. The van der Waals surface area contributed by atoms with Crippen LogP contribution >= 0.6 is 0 Å². The van der Waals surface area contributed by atoms with Crippen LogP contribution in [0.15, 0.2) is 40.8 Å². The number of nitrogens with one attached hydrogen (secondary N) is 1. The Morgan fingerprint density at radius 2 is 2.05 bits per heavy atom. The highest BCUT2D eigenvalue weighted by atomic mass is 16.5. The molecule has 1 amide bonds. The number of carboxylic acids is 1. The second-order valence-electron chi connectivity index (χ2n) is 10.6. The number of hydrogen-bond donors (Lipinski definition) is 2. The van der Waals surface area contributed by atoms with E-state index in [1.54, 1.807) is 18.2 Å². The summed E-state index contributed by atoms with van der Waals surface area (Å²) in [5.74, 6) is 1.13. The van der Waals surface area contributed by atoms with E-state index in [0.717, 1.165) is 35.3 Å². The van der Waals surface area contributed by atoms with Gasteiger partial charge in [-0.05, 0) is 73.9 Å². The van der Waals surface area contributed by atoms with Crippen LogP contribution in [0.5, 0.6) is 5.75 Å². The van der Waals surface area contributed by atoms with E-state index in [2.05, 4.69) is 28.5 Å². The van der Waals surface area contributed by atoms with E-state index >= 15 is 0 Å². The first-order chi connectivity index (χ1) is 18.4. The van der Waals surface area contributed by atoms with Gasteiger partial charge in [-0.3, -0.25) is 9.59 Å². The molecule has 6 rings (SSSR count). The highest BCUT2D eigenvalue weighted by Gasteiger charge is 2.67. The Balaban J connectivity index is 1.26. The summed E-state index contributed by atoms with van der Waals surface area (Å²) in [4.78, 5) is 24.6. The normalized spacial score (nSPS) is 23.3. The monoisotopic (exact) mass is 512 g/mol. The van der Waals surface area contributed by atoms with Crippen molar-refractivity contribution >= 4 is 17.6 Å². The fourth-order valence-electron chi connectivity index (χ4n) is 5.97. The maximum atomic E-state index is 13.7. The quantitative estimate of drug-likeness (QED) is 0.438. The van der Waals surface area contributed by atoms with Crippen LogP contribution in [0.4, 0.5) is 5.69 Å². The van der Waals surface area contributed by atoms with Crippen LogP contribution < -0.4 is 10.1 Å². The van der Waals surface area contributed by atoms with E-state index in [0.29, 0.717) is 54.8 Å². The van der Waals surface area contributed by atoms with E-state index < -0.39 is 5.97 Å². The second kappa shape index (κ2) is 9.28. The topological polar surface area (TPSA) is 138 Å². The number of aryl methyl sites for hydroxylation is 1. The molecule has 1 aliphatic heterocycles. The standard InChI is InChI=1S/C29H28N4O5/c1-16-25(26(36)31-22-13-17(15-30)5-6-18(22)3-2-4-24(34)35)29(16)11-12-37-23-10-9-20(14-21(23)29)28-33-32-27(38-28)19-7-8-19/h5-6,9-10,13-14,16,19,25H,2-4,7-8,11-12H2,1H3,(H,31,36)(H,34,35)/t16?,25?,29-/m0/s1. The van der Waals surface area contributed by atoms with Crippen LogP contribution in [0.25, 0.3) is 11.5 Å². The Morgan fingerprint density at radius 1 is 1.21 bits per heavy atom. The van der Waals surface area contributed by atoms with Crippen LogP contribution in [0.2, 0.25) is 0 Å². The van der Waals surface area contributed by atoms with Gasteiger partial charge in [-0.15, -0.1) is 10.2 Å². The van der Waals surface area contributed by atoms with Crippen molar-refractivity contribution in [3.8, 4) is 23.3 Å². The molecular weight excluding hydrogens is 484 g/mol. The lowest BCUT2D eigenvalue weighted by Gasteiger charge is -2.28. The molecule has 0 bridgehead atoms. The average Bonchev–Trinajstić information content (AvgIpc) is 3.79. The third kappa shape index (κ3) is 4.20. The Kier molecular flexibility index (Phi) is 5.90. The minimum atomic E-state index is -0.861. The second-order valence-corrected chi connectivity index (χ2v) is 10.6. The van der Waals surface area contributed by atoms with E-state index in [9.17, 15) is 14.9 Å². The summed E-state index contributed by atoms with van der Waals surface area (Å²) in [6.45, 7) is 2.61. The number of fused-ring (bicyclic) bond motifs is 2. The summed E-state index contributed by atoms with van der Waals surface area (Å²) < 4.78 is 11.9. The van der Waals surface area contributed by atoms with Crippen molar-refractivity contribution in [1.29, 1.82) is 5.26 Å². The first-order valence-electron chi connectivity index (χ1n) is 13.1. The van der Waals surface area contributed by atoms with Gasteiger partial charge in [0, 0.05) is 34.6 Å². The van der Waals surface area contributed by atoms with Crippen LogP contribution in [-0.2, 0) is 21.4 Å². The molecule has 0 radical (unpaired) electrons. The third-order valence-corrected chi connectivity index (χ3v) is 8.24. The summed E-state index contributed by atoms with van der Waals surface area (Å²) in [6, 6.07) is 13.1. The predicted octanol–water partition coefficient (Wildman–Crippen LogP) is 4.82. The number of nitrogens with zero attached hydrogens (tertiary/aromatic N) is 3. The largest absolute Gasteiger partial charge is 0.493 e. The number of anilines is 1. The van der Waals surface area contributed by atoms with Gasteiger partial charge in [-0.2, -0.15) is 5.26 Å². The van der Waals surface area contributed by atoms with E-state index in [-0.39, 0.29) is 29.6 Å². The lowest BCUT2D eigenvalue weighted by molar-refractivity contribution is -0.137. The number of carbonyl (C=O) groups is 2. The predicted molar refractivity (Wildman–Crippen MR) is 137 cm³/mol. The molecule has 2 unspecified atom stereocenters. The zero-order valence-electron chi connectivity index (χ0n) is 21.1. The van der Waals surface area contributed by atoms with Crippen molar-refractivity contribution in [3.05, 3.63) is 59.0 Å². The maximum Gasteiger partial charge on any atom is 0.303 e. The van der Waals surface area contributed by atoms with Gasteiger partial charge in [0.05, 0.1) is 24.2 Å². The van der Waals surface area contributed by atoms with Gasteiger partial charge in [0.1, 0.15) is 5.75 Å². The summed E-state index contributed by atoms with van der Waals surface area (Å²) in [5, 5.41) is 29.9. The molecule has 2 fully saturated rings. The molecular formula is C29H28N4O5. The Hall–Kier alpha value is -4.19. The summed E-state index contributed by atoms with van der Waals surface area (Å²) >= 11 is 0. The van der Waals surface area contributed by atoms with Crippen LogP contribution in [0, 0.1) is 23.2 Å². The van der Waals surface area contributed by atoms with Crippen molar-refractivity contribution < 1.29 is 23.8 Å². The average molecular weight is 513 g/mol. The number of ether oxygens (including phenoxy) is 1. The molecule has 2 N–H and O–H groups in total. The molecule has 3 aromatic rings. The van der Waals surface area contributed by atoms with Crippen molar-refractivity contribution in [2.24, 2.45) is 11.8 Å². The zero-order chi connectivity index (χ0) is 26.4. The fourth-order valence-corrected chi connectivity index (χ4v) is 5.97. The van der Waals surface area contributed by atoms with Crippen LogP contribution in [-0.4, -0.2) is 33.8 Å². The van der Waals surface area contributed by atoms with Crippen molar-refractivity contribution in [1.82, 2.24) is 10.2 Å². The lowest BCUT2D eigenvalue weighted by Crippen LogP contribution is -2.27. The molecule has 9 heteroatoms. The molecule has 2 saturated carbocycles. The smallest absolute Gasteiger partial charge is 0.303 e. The van der Waals surface area contributed by atoms with Gasteiger partial charge in [-0.1, -0.05) is 13.0 Å². The Bertz CT molecular complexity index is 1470. The molecule has 2 aliphatic carbocycles. The molecule has 3 atom stereocenters. The van der Waals surface area contributed by atoms with Crippen LogP contribution in [0.1, 0.15) is 67.5 Å². The molecule has 9 nitrogen and oxygen atoms in total. The summed E-state index contributed by atoms with van der Waals surface area (Å²) in [7, 11) is 0. The number of carbonyl (C=O) groups excluding carboxylic acids is 1. The maximum absolute atomic E-state index is 13.7. The minimum Gasteiger partial charge on any atom is -0.493 e. The molecule has 1 aromatic heterocycles. The minimum absolute atomic E-state index is 0.0392. The number of nitriles is 1. The molecule has 2 heterocycles. The SMILES string of the molecule is CC1C(C(=O)Nc2cc(C#N)ccc2CCCC(=O)O)[C@@]12CCOc1ccc(-c3nnc(C4CC4)o3)cc12. The van der Waals surface area contributed by atoms with Crippen molar-refractivity contribution in [2.75, 3.05) is 11.9 Å². The van der Waals surface area contributed by atoms with Gasteiger partial charge in [0.25, 0.3) is 0 Å². The third-order valence-electron chi connectivity index (χ3n) is 8.24. The first-order valence-corrected chi connectivity index (χ1v) is 13.1. The molecule has 0 saturated heterocycles. The molecule has 2 aromatic carbocycles. The number of benzene rings is 2. The van der Waals surface area contributed by atoms with Crippen LogP contribution in [0.3, 0.4) is 0 Å². The van der Waals surface area contributed by atoms with E-state index in [1.807, 2.05) is 18.2 Å². The number of aromatic nitrogens is 2. The number of carboxylic acid groups (broad SMARTS) is 1. The number of amides is 1. The zero-order valence-corrected chi connectivity index (χ0v) is 21.1. The Morgan fingerprint density at radius 3 is 2.82 bits per heavy atom. The number of aliphatic carboxylic acids is 1. The molecule has 3 aliphatic rings. The number of rotatable bonds is 8. The molecule has 38 heavy (non-hydrogen) atoms. The van der Waals surface area contributed by atoms with Gasteiger partial charge in [0.15, 0.2) is 0 Å². The molecule has 194 valence electrons. The lowest BCUT2D eigenvalue weighted by atomic mass is 9.85. The summed E-state index contributed by atoms with van der Waals surface area (Å²) in [6.07, 6.45) is 3.85. The molecule has 1 spiro atoms. The van der Waals surface area contributed by atoms with Gasteiger partial charge in [0.2, 0.25) is 17.7 Å².